The number of aryl methyl sites for hydroxylation is 1. The number of amides is 1. The van der Waals surface area contributed by atoms with Crippen LogP contribution in [0.4, 0.5) is 16.4 Å². The van der Waals surface area contributed by atoms with Crippen LogP contribution in [0.25, 0.3) is 0 Å². The van der Waals surface area contributed by atoms with Crippen molar-refractivity contribution in [2.45, 2.75) is 63.5 Å². The molecular weight excluding hydrogens is 358 g/mol. The average Bonchev–Trinajstić information content (AvgIpc) is 3.04. The molecule has 0 spiro atoms. The normalized spacial score (nSPS) is 22.3. The van der Waals surface area contributed by atoms with Crippen LogP contribution < -0.4 is 10.6 Å². The lowest BCUT2D eigenvalue weighted by Crippen LogP contribution is -2.36. The van der Waals surface area contributed by atoms with Crippen LogP contribution in [0.5, 0.6) is 0 Å². The van der Waals surface area contributed by atoms with Crippen LogP contribution >= 0.6 is 0 Å². The number of ether oxygens (including phenoxy) is 1. The summed E-state index contributed by atoms with van der Waals surface area (Å²) in [5.74, 6) is 1.44. The molecule has 1 amide bonds. The molecule has 0 saturated heterocycles. The minimum Gasteiger partial charge on any atom is -0.446 e. The second-order valence-electron chi connectivity index (χ2n) is 7.86. The van der Waals surface area contributed by atoms with E-state index < -0.39 is 0 Å². The average molecular weight is 381 g/mol. The molecule has 2 aromatic heterocycles. The van der Waals surface area contributed by atoms with Crippen molar-refractivity contribution >= 4 is 17.7 Å². The Morgan fingerprint density at radius 2 is 2.21 bits per heavy atom. The smallest absolute Gasteiger partial charge is 0.407 e. The van der Waals surface area contributed by atoms with Crippen molar-refractivity contribution in [2.24, 2.45) is 0 Å². The number of nitriles is 1. The number of carbonyl (C=O) groups is 1. The fourth-order valence-corrected chi connectivity index (χ4v) is 3.46. The van der Waals surface area contributed by atoms with E-state index in [1.54, 1.807) is 6.92 Å². The van der Waals surface area contributed by atoms with Gasteiger partial charge in [-0.25, -0.2) is 14.8 Å². The number of hydrogen-bond donors (Lipinski definition) is 3. The molecule has 2 atom stereocenters. The number of hydrogen-bond acceptors (Lipinski definition) is 7. The summed E-state index contributed by atoms with van der Waals surface area (Å²) in [5, 5.41) is 22.3. The van der Waals surface area contributed by atoms with Gasteiger partial charge in [0.15, 0.2) is 11.5 Å². The monoisotopic (exact) mass is 381 g/mol. The molecule has 0 unspecified atom stereocenters. The molecule has 0 bridgehead atoms. The zero-order chi connectivity index (χ0) is 19.7. The molecule has 4 rings (SSSR count). The summed E-state index contributed by atoms with van der Waals surface area (Å²) in [6.07, 6.45) is 5.72. The van der Waals surface area contributed by atoms with Gasteiger partial charge >= 0.3 is 6.09 Å². The molecule has 0 aromatic carbocycles. The van der Waals surface area contributed by atoms with Gasteiger partial charge in [0.05, 0.1) is 11.9 Å². The van der Waals surface area contributed by atoms with E-state index in [4.69, 9.17) is 10.00 Å². The number of nitrogens with one attached hydrogen (secondary N) is 3. The minimum atomic E-state index is -0.313. The quantitative estimate of drug-likeness (QED) is 0.726. The molecule has 28 heavy (non-hydrogen) atoms. The van der Waals surface area contributed by atoms with Crippen molar-refractivity contribution in [2.75, 3.05) is 5.32 Å². The van der Waals surface area contributed by atoms with Crippen molar-refractivity contribution in [1.82, 2.24) is 25.5 Å². The first-order valence-corrected chi connectivity index (χ1v) is 9.49. The number of aromatic amines is 1. The molecule has 0 aliphatic heterocycles. The Morgan fingerprint density at radius 3 is 2.93 bits per heavy atom. The number of anilines is 2. The van der Waals surface area contributed by atoms with E-state index in [9.17, 15) is 4.79 Å². The maximum atomic E-state index is 12.0. The summed E-state index contributed by atoms with van der Waals surface area (Å²) >= 11 is 0. The third-order valence-corrected chi connectivity index (χ3v) is 5.41. The SMILES string of the molecule is Cc1nc(Nc2cc([C@H]3CC[C@@H](OC(=O)NC4(C)CC4)C3)[nH]n2)cnc1C#N. The Labute approximate surface area is 162 Å². The number of aromatic nitrogens is 4. The van der Waals surface area contributed by atoms with Crippen molar-refractivity contribution in [3.05, 3.63) is 29.3 Å². The lowest BCUT2D eigenvalue weighted by molar-refractivity contribution is 0.0967. The maximum Gasteiger partial charge on any atom is 0.407 e. The highest BCUT2D eigenvalue weighted by atomic mass is 16.6. The Hall–Kier alpha value is -3.15. The van der Waals surface area contributed by atoms with Crippen molar-refractivity contribution in [3.8, 4) is 6.07 Å². The Balaban J connectivity index is 1.32. The van der Waals surface area contributed by atoms with Gasteiger partial charge in [0.1, 0.15) is 18.0 Å². The van der Waals surface area contributed by atoms with Gasteiger partial charge in [-0.2, -0.15) is 10.4 Å². The van der Waals surface area contributed by atoms with Gasteiger partial charge < -0.3 is 15.4 Å². The van der Waals surface area contributed by atoms with E-state index in [1.165, 1.54) is 6.20 Å². The van der Waals surface area contributed by atoms with Crippen molar-refractivity contribution < 1.29 is 9.53 Å². The third kappa shape index (κ3) is 4.06. The lowest BCUT2D eigenvalue weighted by Gasteiger charge is -2.16. The highest BCUT2D eigenvalue weighted by Gasteiger charge is 2.40. The molecule has 9 nitrogen and oxygen atoms in total. The molecule has 2 saturated carbocycles. The predicted molar refractivity (Wildman–Crippen MR) is 101 cm³/mol. The van der Waals surface area contributed by atoms with Crippen LogP contribution in [-0.2, 0) is 4.74 Å². The first-order chi connectivity index (χ1) is 13.4. The van der Waals surface area contributed by atoms with Crippen LogP contribution in [-0.4, -0.2) is 37.9 Å². The van der Waals surface area contributed by atoms with Crippen LogP contribution in [0.15, 0.2) is 12.3 Å². The van der Waals surface area contributed by atoms with E-state index in [0.29, 0.717) is 23.0 Å². The molecule has 3 N–H and O–H groups in total. The highest BCUT2D eigenvalue weighted by molar-refractivity contribution is 5.69. The van der Waals surface area contributed by atoms with Crippen LogP contribution in [0.2, 0.25) is 0 Å². The number of rotatable bonds is 5. The van der Waals surface area contributed by atoms with Crippen LogP contribution in [0.1, 0.15) is 62.0 Å². The summed E-state index contributed by atoms with van der Waals surface area (Å²) in [4.78, 5) is 20.4. The maximum absolute atomic E-state index is 12.0. The second-order valence-corrected chi connectivity index (χ2v) is 7.86. The summed E-state index contributed by atoms with van der Waals surface area (Å²) in [6.45, 7) is 3.77. The summed E-state index contributed by atoms with van der Waals surface area (Å²) in [7, 11) is 0. The van der Waals surface area contributed by atoms with Gasteiger partial charge in [0, 0.05) is 23.2 Å². The first-order valence-electron chi connectivity index (χ1n) is 9.49. The predicted octanol–water partition coefficient (Wildman–Crippen LogP) is 3.04. The van der Waals surface area contributed by atoms with E-state index >= 15 is 0 Å². The van der Waals surface area contributed by atoms with Gasteiger partial charge in [-0.1, -0.05) is 0 Å². The largest absolute Gasteiger partial charge is 0.446 e. The van der Waals surface area contributed by atoms with E-state index in [-0.39, 0.29) is 23.7 Å². The van der Waals surface area contributed by atoms with Crippen LogP contribution in [0, 0.1) is 18.3 Å². The topological polar surface area (TPSA) is 129 Å². The lowest BCUT2D eigenvalue weighted by atomic mass is 10.0. The van der Waals surface area contributed by atoms with E-state index in [0.717, 1.165) is 37.8 Å². The summed E-state index contributed by atoms with van der Waals surface area (Å²) < 4.78 is 5.57. The zero-order valence-corrected chi connectivity index (χ0v) is 16.0. The van der Waals surface area contributed by atoms with Crippen LogP contribution in [0.3, 0.4) is 0 Å². The Bertz CT molecular complexity index is 929. The number of H-pyrrole nitrogens is 1. The summed E-state index contributed by atoms with van der Waals surface area (Å²) in [6, 6.07) is 3.94. The number of alkyl carbamates (subject to hydrolysis) is 1. The van der Waals surface area contributed by atoms with E-state index in [2.05, 4.69) is 30.8 Å². The molecule has 2 aromatic rings. The molecule has 2 aliphatic rings. The van der Waals surface area contributed by atoms with Crippen molar-refractivity contribution in [1.29, 1.82) is 5.26 Å². The number of carbonyl (C=O) groups excluding carboxylic acids is 1. The van der Waals surface area contributed by atoms with E-state index in [1.807, 2.05) is 19.1 Å². The van der Waals surface area contributed by atoms with Gasteiger partial charge in [-0.15, -0.1) is 0 Å². The molecule has 2 fully saturated rings. The van der Waals surface area contributed by atoms with Gasteiger partial charge in [-0.05, 0) is 46.0 Å². The van der Waals surface area contributed by atoms with Crippen molar-refractivity contribution in [3.63, 3.8) is 0 Å². The fraction of sp³-hybridized carbons (Fsp3) is 0.526. The Morgan fingerprint density at radius 1 is 1.39 bits per heavy atom. The second kappa shape index (κ2) is 7.11. The van der Waals surface area contributed by atoms with Gasteiger partial charge in [0.25, 0.3) is 0 Å². The molecule has 2 aliphatic carbocycles. The molecule has 2 heterocycles. The van der Waals surface area contributed by atoms with Gasteiger partial charge in [0.2, 0.25) is 0 Å². The standard InChI is InChI=1S/C19H23N7O2/c1-11-15(9-20)21-10-17(22-11)23-16-8-14(25-26-16)12-3-4-13(7-12)28-18(27)24-19(2)5-6-19/h8,10,12-13H,3-7H2,1-2H3,(H,24,27)(H2,22,23,25,26)/t12-,13+/m0/s1. The van der Waals surface area contributed by atoms with Gasteiger partial charge in [-0.3, -0.25) is 5.10 Å². The molecule has 146 valence electrons. The molecule has 0 radical (unpaired) electrons. The first kappa shape index (κ1) is 18.2. The zero-order valence-electron chi connectivity index (χ0n) is 16.0. The minimum absolute atomic E-state index is 0.0638. The highest BCUT2D eigenvalue weighted by Crippen LogP contribution is 2.37. The number of nitrogens with zero attached hydrogens (tertiary/aromatic N) is 4. The molecule has 9 heteroatoms. The fourth-order valence-electron chi connectivity index (χ4n) is 3.46. The summed E-state index contributed by atoms with van der Waals surface area (Å²) in [5.41, 5.74) is 1.81. The molecular formula is C19H23N7O2. The third-order valence-electron chi connectivity index (χ3n) is 5.41. The Kier molecular flexibility index (Phi) is 4.63.